The average Bonchev–Trinajstić information content (AvgIpc) is 2.48. The van der Waals surface area contributed by atoms with Crippen molar-refractivity contribution in [2.45, 2.75) is 20.8 Å². The molecular weight excluding hydrogens is 292 g/mol. The van der Waals surface area contributed by atoms with Crippen LogP contribution in [0.1, 0.15) is 31.1 Å². The van der Waals surface area contributed by atoms with Gasteiger partial charge in [0.1, 0.15) is 0 Å². The molecule has 1 rings (SSSR count). The Hall–Kier alpha value is -2.55. The molecule has 22 heavy (non-hydrogen) atoms. The molecule has 0 saturated heterocycles. The summed E-state index contributed by atoms with van der Waals surface area (Å²) in [7, 11) is 0. The summed E-state index contributed by atoms with van der Waals surface area (Å²) in [5.74, 6) is -0.827. The minimum Gasteiger partial charge on any atom is -0.352 e. The Balaban J connectivity index is 0.000000763. The van der Waals surface area contributed by atoms with Gasteiger partial charge in [0.2, 0.25) is 0 Å². The number of rotatable bonds is 6. The van der Waals surface area contributed by atoms with Gasteiger partial charge in [0.15, 0.2) is 5.56 Å². The smallest absolute Gasteiger partial charge is 0.289 e. The van der Waals surface area contributed by atoms with Crippen LogP contribution < -0.4 is 10.6 Å². The van der Waals surface area contributed by atoms with E-state index >= 15 is 0 Å². The molecule has 9 heteroatoms. The number of nitro benzene ring substituents is 2. The van der Waals surface area contributed by atoms with E-state index in [2.05, 4.69) is 24.5 Å². The first-order chi connectivity index (χ1) is 10.4. The molecular formula is C13H20N4O5. The molecule has 0 heterocycles. The highest BCUT2D eigenvalue weighted by molar-refractivity contribution is 6.02. The van der Waals surface area contributed by atoms with Crippen LogP contribution in [0, 0.1) is 20.2 Å². The second-order valence-electron chi connectivity index (χ2n) is 4.00. The van der Waals surface area contributed by atoms with E-state index in [-0.39, 0.29) is 6.54 Å². The number of carbonyl (C=O) groups is 1. The van der Waals surface area contributed by atoms with Crippen molar-refractivity contribution in [2.75, 3.05) is 19.6 Å². The van der Waals surface area contributed by atoms with Crippen LogP contribution in [-0.4, -0.2) is 35.4 Å². The molecule has 1 amide bonds. The Morgan fingerprint density at radius 3 is 1.73 bits per heavy atom. The Labute approximate surface area is 128 Å². The molecule has 0 spiro atoms. The minimum atomic E-state index is -0.827. The predicted octanol–water partition coefficient (Wildman–Crippen LogP) is 1.87. The van der Waals surface area contributed by atoms with Gasteiger partial charge in [-0.3, -0.25) is 25.0 Å². The molecule has 0 aliphatic carbocycles. The van der Waals surface area contributed by atoms with Gasteiger partial charge >= 0.3 is 0 Å². The second-order valence-corrected chi connectivity index (χ2v) is 4.00. The first-order valence-electron chi connectivity index (χ1n) is 6.81. The zero-order chi connectivity index (χ0) is 17.1. The average molecular weight is 312 g/mol. The fourth-order valence-electron chi connectivity index (χ4n) is 1.56. The summed E-state index contributed by atoms with van der Waals surface area (Å²) in [5.41, 5.74) is -1.68. The number of nitrogens with one attached hydrogen (secondary N) is 2. The lowest BCUT2D eigenvalue weighted by Gasteiger charge is -2.03. The SMILES string of the molecule is CCNC(=O)c1c([N+](=O)[O-])cccc1[N+](=O)[O-].CCNCC. The van der Waals surface area contributed by atoms with Crippen molar-refractivity contribution < 1.29 is 14.6 Å². The summed E-state index contributed by atoms with van der Waals surface area (Å²) < 4.78 is 0. The molecule has 2 N–H and O–H groups in total. The number of amides is 1. The predicted molar refractivity (Wildman–Crippen MR) is 82.0 cm³/mol. The summed E-state index contributed by atoms with van der Waals surface area (Å²) >= 11 is 0. The van der Waals surface area contributed by atoms with E-state index in [4.69, 9.17) is 0 Å². The van der Waals surface area contributed by atoms with E-state index in [9.17, 15) is 25.0 Å². The molecule has 0 aliphatic rings. The third-order valence-corrected chi connectivity index (χ3v) is 2.48. The highest BCUT2D eigenvalue weighted by Crippen LogP contribution is 2.27. The summed E-state index contributed by atoms with van der Waals surface area (Å²) in [5, 5.41) is 26.8. The Morgan fingerprint density at radius 2 is 1.45 bits per heavy atom. The molecule has 0 aromatic heterocycles. The van der Waals surface area contributed by atoms with Gasteiger partial charge in [-0.15, -0.1) is 0 Å². The number of hydrogen-bond donors (Lipinski definition) is 2. The third-order valence-electron chi connectivity index (χ3n) is 2.48. The first kappa shape index (κ1) is 19.4. The molecule has 0 atom stereocenters. The zero-order valence-corrected chi connectivity index (χ0v) is 12.8. The quantitative estimate of drug-likeness (QED) is 0.609. The lowest BCUT2D eigenvalue weighted by atomic mass is 10.1. The van der Waals surface area contributed by atoms with E-state index in [0.29, 0.717) is 0 Å². The molecule has 0 unspecified atom stereocenters. The maximum atomic E-state index is 11.6. The van der Waals surface area contributed by atoms with Crippen molar-refractivity contribution in [3.63, 3.8) is 0 Å². The minimum absolute atomic E-state index is 0.224. The van der Waals surface area contributed by atoms with Gasteiger partial charge in [0.25, 0.3) is 17.3 Å². The van der Waals surface area contributed by atoms with Crippen molar-refractivity contribution >= 4 is 17.3 Å². The van der Waals surface area contributed by atoms with E-state index < -0.39 is 32.7 Å². The standard InChI is InChI=1S/C9H9N3O5.C4H11N/c1-2-10-9(13)8-6(11(14)15)4-3-5-7(8)12(16)17;1-3-5-4-2/h3-5H,2H2,1H3,(H,10,13);5H,3-4H2,1-2H3. The van der Waals surface area contributed by atoms with E-state index in [0.717, 1.165) is 25.2 Å². The van der Waals surface area contributed by atoms with Crippen molar-refractivity contribution in [1.82, 2.24) is 10.6 Å². The molecule has 0 aliphatic heterocycles. The van der Waals surface area contributed by atoms with Gasteiger partial charge in [-0.2, -0.15) is 0 Å². The van der Waals surface area contributed by atoms with Crippen molar-refractivity contribution in [3.8, 4) is 0 Å². The van der Waals surface area contributed by atoms with E-state index in [1.54, 1.807) is 6.92 Å². The van der Waals surface area contributed by atoms with Gasteiger partial charge in [-0.25, -0.2) is 0 Å². The normalized spacial score (nSPS) is 9.41. The van der Waals surface area contributed by atoms with Gasteiger partial charge < -0.3 is 10.6 Å². The van der Waals surface area contributed by atoms with Crippen LogP contribution in [0.3, 0.4) is 0 Å². The van der Waals surface area contributed by atoms with Crippen LogP contribution in [0.5, 0.6) is 0 Å². The highest BCUT2D eigenvalue weighted by Gasteiger charge is 2.29. The molecule has 1 aromatic rings. The second kappa shape index (κ2) is 10.2. The Morgan fingerprint density at radius 1 is 1.00 bits per heavy atom. The third kappa shape index (κ3) is 5.83. The largest absolute Gasteiger partial charge is 0.352 e. The first-order valence-corrected chi connectivity index (χ1v) is 6.81. The lowest BCUT2D eigenvalue weighted by molar-refractivity contribution is -0.394. The molecule has 0 radical (unpaired) electrons. The summed E-state index contributed by atoms with van der Waals surface area (Å²) in [6, 6.07) is 3.27. The maximum absolute atomic E-state index is 11.6. The zero-order valence-electron chi connectivity index (χ0n) is 12.8. The molecule has 9 nitrogen and oxygen atoms in total. The fourth-order valence-corrected chi connectivity index (χ4v) is 1.56. The van der Waals surface area contributed by atoms with Crippen LogP contribution in [0.25, 0.3) is 0 Å². The van der Waals surface area contributed by atoms with Crippen LogP contribution >= 0.6 is 0 Å². The monoisotopic (exact) mass is 312 g/mol. The number of carbonyl (C=O) groups excluding carboxylic acids is 1. The van der Waals surface area contributed by atoms with Crippen molar-refractivity contribution in [2.24, 2.45) is 0 Å². The number of benzene rings is 1. The van der Waals surface area contributed by atoms with Gasteiger partial charge in [-0.1, -0.05) is 13.8 Å². The Bertz CT molecular complexity index is 499. The van der Waals surface area contributed by atoms with Crippen LogP contribution in [-0.2, 0) is 0 Å². The molecule has 1 aromatic carbocycles. The lowest BCUT2D eigenvalue weighted by Crippen LogP contribution is -2.24. The summed E-state index contributed by atoms with van der Waals surface area (Å²) in [6.45, 7) is 8.22. The van der Waals surface area contributed by atoms with Gasteiger partial charge in [0.05, 0.1) is 9.85 Å². The topological polar surface area (TPSA) is 127 Å². The van der Waals surface area contributed by atoms with Crippen LogP contribution in [0.15, 0.2) is 18.2 Å². The van der Waals surface area contributed by atoms with Gasteiger partial charge in [0, 0.05) is 18.7 Å². The van der Waals surface area contributed by atoms with Crippen LogP contribution in [0.2, 0.25) is 0 Å². The van der Waals surface area contributed by atoms with Gasteiger partial charge in [-0.05, 0) is 26.1 Å². The number of hydrogen-bond acceptors (Lipinski definition) is 6. The molecule has 122 valence electrons. The maximum Gasteiger partial charge on any atom is 0.289 e. The summed E-state index contributed by atoms with van der Waals surface area (Å²) in [4.78, 5) is 31.3. The fraction of sp³-hybridized carbons (Fsp3) is 0.462. The van der Waals surface area contributed by atoms with E-state index in [1.807, 2.05) is 0 Å². The summed E-state index contributed by atoms with van der Waals surface area (Å²) in [6.07, 6.45) is 0. The Kier molecular flexibility index (Phi) is 9.03. The van der Waals surface area contributed by atoms with Crippen LogP contribution in [0.4, 0.5) is 11.4 Å². The molecule has 0 bridgehead atoms. The number of nitro groups is 2. The molecule has 0 fully saturated rings. The highest BCUT2D eigenvalue weighted by atomic mass is 16.6. The van der Waals surface area contributed by atoms with Crippen molar-refractivity contribution in [3.05, 3.63) is 44.0 Å². The van der Waals surface area contributed by atoms with Crippen molar-refractivity contribution in [1.29, 1.82) is 0 Å². The molecule has 0 saturated carbocycles. The number of nitrogens with zero attached hydrogens (tertiary/aromatic N) is 2. The van der Waals surface area contributed by atoms with E-state index in [1.165, 1.54) is 6.07 Å².